The predicted octanol–water partition coefficient (Wildman–Crippen LogP) is 5.65. The summed E-state index contributed by atoms with van der Waals surface area (Å²) in [7, 11) is 0. The van der Waals surface area contributed by atoms with Crippen molar-refractivity contribution in [3.05, 3.63) is 89.8 Å². The van der Waals surface area contributed by atoms with Crippen LogP contribution in [-0.2, 0) is 6.54 Å². The smallest absolute Gasteiger partial charge is 0.226 e. The van der Waals surface area contributed by atoms with Crippen LogP contribution in [0.4, 0.5) is 0 Å². The van der Waals surface area contributed by atoms with Gasteiger partial charge in [-0.1, -0.05) is 66.2 Å². The Kier molecular flexibility index (Phi) is 4.55. The molecule has 0 radical (unpaired) electrons. The number of aromatic nitrogens is 1. The highest BCUT2D eigenvalue weighted by Crippen LogP contribution is 2.28. The molecule has 0 saturated heterocycles. The average Bonchev–Trinajstić information content (AvgIpc) is 3.15. The van der Waals surface area contributed by atoms with Crippen LogP contribution in [-0.4, -0.2) is 4.98 Å². The Bertz CT molecular complexity index is 1010. The number of hydrogen-bond donors (Lipinski definition) is 1. The van der Waals surface area contributed by atoms with Crippen molar-refractivity contribution in [1.82, 2.24) is 10.3 Å². The number of rotatable bonds is 5. The number of nitrogens with zero attached hydrogens (tertiary/aromatic N) is 1. The van der Waals surface area contributed by atoms with E-state index in [0.717, 1.165) is 16.6 Å². The van der Waals surface area contributed by atoms with Gasteiger partial charge in [-0.25, -0.2) is 4.98 Å². The molecule has 4 aromatic rings. The Morgan fingerprint density at radius 3 is 2.58 bits per heavy atom. The van der Waals surface area contributed by atoms with Crippen LogP contribution in [0.15, 0.2) is 77.4 Å². The maximum absolute atomic E-state index is 5.76. The number of nitrogens with one attached hydrogen (secondary N) is 1. The summed E-state index contributed by atoms with van der Waals surface area (Å²) in [6, 6.07) is 23.4. The highest BCUT2D eigenvalue weighted by atomic mass is 16.3. The predicted molar refractivity (Wildman–Crippen MR) is 106 cm³/mol. The zero-order valence-corrected chi connectivity index (χ0v) is 15.1. The Balaban J connectivity index is 1.50. The van der Waals surface area contributed by atoms with E-state index in [1.54, 1.807) is 6.26 Å². The van der Waals surface area contributed by atoms with Gasteiger partial charge in [0.2, 0.25) is 5.89 Å². The van der Waals surface area contributed by atoms with Gasteiger partial charge in [0.25, 0.3) is 0 Å². The van der Waals surface area contributed by atoms with Crippen molar-refractivity contribution in [2.75, 3.05) is 0 Å². The summed E-state index contributed by atoms with van der Waals surface area (Å²) in [5.74, 6) is 0.668. The van der Waals surface area contributed by atoms with Gasteiger partial charge < -0.3 is 9.73 Å². The normalized spacial score (nSPS) is 12.4. The summed E-state index contributed by atoms with van der Waals surface area (Å²) in [5, 5.41) is 5.86. The third-order valence-electron chi connectivity index (χ3n) is 4.74. The first-order valence-corrected chi connectivity index (χ1v) is 8.93. The molecule has 1 heterocycles. The minimum absolute atomic E-state index is 0.258. The summed E-state index contributed by atoms with van der Waals surface area (Å²) in [5.41, 5.74) is 4.48. The molecule has 1 N–H and O–H groups in total. The van der Waals surface area contributed by atoms with E-state index in [1.807, 2.05) is 18.2 Å². The minimum Gasteiger partial charge on any atom is -0.444 e. The maximum Gasteiger partial charge on any atom is 0.226 e. The van der Waals surface area contributed by atoms with Gasteiger partial charge in [0.1, 0.15) is 6.26 Å². The van der Waals surface area contributed by atoms with Crippen LogP contribution in [0.5, 0.6) is 0 Å². The molecule has 0 aliphatic rings. The highest BCUT2D eigenvalue weighted by Gasteiger charge is 2.11. The zero-order valence-electron chi connectivity index (χ0n) is 15.1. The van der Waals surface area contributed by atoms with E-state index in [-0.39, 0.29) is 6.04 Å². The van der Waals surface area contributed by atoms with Gasteiger partial charge in [0.15, 0.2) is 0 Å². The fourth-order valence-corrected chi connectivity index (χ4v) is 3.15. The number of fused-ring (bicyclic) bond motifs is 1. The van der Waals surface area contributed by atoms with E-state index < -0.39 is 0 Å². The molecule has 0 aliphatic carbocycles. The fraction of sp³-hybridized carbons (Fsp3) is 0.174. The first-order chi connectivity index (χ1) is 12.7. The zero-order chi connectivity index (χ0) is 17.9. The number of hydrogen-bond acceptors (Lipinski definition) is 3. The molecule has 1 atom stereocenters. The second kappa shape index (κ2) is 7.14. The Morgan fingerprint density at radius 1 is 0.962 bits per heavy atom. The van der Waals surface area contributed by atoms with Gasteiger partial charge >= 0.3 is 0 Å². The molecule has 0 amide bonds. The summed E-state index contributed by atoms with van der Waals surface area (Å²) < 4.78 is 5.76. The third kappa shape index (κ3) is 3.39. The average molecular weight is 342 g/mol. The molecule has 0 fully saturated rings. The van der Waals surface area contributed by atoms with Gasteiger partial charge in [-0.15, -0.1) is 0 Å². The standard InChI is InChI=1S/C23H22N2O/c1-16-10-12-18(13-11-16)17(2)24-14-20-15-26-23(25-20)22-9-5-7-19-6-3-4-8-21(19)22/h3-13,15,17,24H,14H2,1-2H3/t17-/m1/s1. The highest BCUT2D eigenvalue weighted by molar-refractivity contribution is 5.94. The van der Waals surface area contributed by atoms with Crippen LogP contribution in [0.1, 0.15) is 29.8 Å². The van der Waals surface area contributed by atoms with Crippen molar-refractivity contribution in [2.45, 2.75) is 26.4 Å². The lowest BCUT2D eigenvalue weighted by Crippen LogP contribution is -2.18. The van der Waals surface area contributed by atoms with Gasteiger partial charge in [0.05, 0.1) is 5.69 Å². The summed E-state index contributed by atoms with van der Waals surface area (Å²) in [6.07, 6.45) is 1.74. The lowest BCUT2D eigenvalue weighted by atomic mass is 10.0. The molecule has 0 bridgehead atoms. The van der Waals surface area contributed by atoms with E-state index in [0.29, 0.717) is 12.4 Å². The molecule has 26 heavy (non-hydrogen) atoms. The van der Waals surface area contributed by atoms with Crippen LogP contribution in [0.2, 0.25) is 0 Å². The topological polar surface area (TPSA) is 38.1 Å². The van der Waals surface area contributed by atoms with E-state index in [2.05, 4.69) is 72.7 Å². The number of oxazole rings is 1. The molecule has 130 valence electrons. The molecule has 0 unspecified atom stereocenters. The van der Waals surface area contributed by atoms with E-state index >= 15 is 0 Å². The third-order valence-corrected chi connectivity index (χ3v) is 4.74. The van der Waals surface area contributed by atoms with Gasteiger partial charge in [-0.3, -0.25) is 0 Å². The van der Waals surface area contributed by atoms with E-state index in [9.17, 15) is 0 Å². The minimum atomic E-state index is 0.258. The molecule has 0 spiro atoms. The molecule has 4 rings (SSSR count). The monoisotopic (exact) mass is 342 g/mol. The van der Waals surface area contributed by atoms with Crippen molar-refractivity contribution in [3.63, 3.8) is 0 Å². The van der Waals surface area contributed by atoms with Crippen LogP contribution in [0, 0.1) is 6.92 Å². The number of benzene rings is 3. The Hall–Kier alpha value is -2.91. The van der Waals surface area contributed by atoms with Crippen molar-refractivity contribution >= 4 is 10.8 Å². The van der Waals surface area contributed by atoms with Crippen molar-refractivity contribution in [2.24, 2.45) is 0 Å². The second-order valence-corrected chi connectivity index (χ2v) is 6.68. The molecule has 0 aliphatic heterocycles. The second-order valence-electron chi connectivity index (χ2n) is 6.68. The quantitative estimate of drug-likeness (QED) is 0.509. The summed E-state index contributed by atoms with van der Waals surface area (Å²) in [6.45, 7) is 4.94. The first-order valence-electron chi connectivity index (χ1n) is 8.93. The molecular weight excluding hydrogens is 320 g/mol. The molecule has 3 heteroatoms. The lowest BCUT2D eigenvalue weighted by Gasteiger charge is -2.13. The Labute approximate surface area is 153 Å². The SMILES string of the molecule is Cc1ccc([C@@H](C)NCc2coc(-c3cccc4ccccc34)n2)cc1. The number of aryl methyl sites for hydroxylation is 1. The molecule has 0 saturated carbocycles. The van der Waals surface area contributed by atoms with Crippen LogP contribution in [0.3, 0.4) is 0 Å². The fourth-order valence-electron chi connectivity index (χ4n) is 3.15. The van der Waals surface area contributed by atoms with Gasteiger partial charge in [-0.2, -0.15) is 0 Å². The van der Waals surface area contributed by atoms with Crippen LogP contribution < -0.4 is 5.32 Å². The largest absolute Gasteiger partial charge is 0.444 e. The molecular formula is C23H22N2O. The lowest BCUT2D eigenvalue weighted by molar-refractivity contribution is 0.554. The van der Waals surface area contributed by atoms with E-state index in [4.69, 9.17) is 4.42 Å². The van der Waals surface area contributed by atoms with E-state index in [1.165, 1.54) is 16.5 Å². The molecule has 3 nitrogen and oxygen atoms in total. The van der Waals surface area contributed by atoms with Crippen molar-refractivity contribution in [1.29, 1.82) is 0 Å². The van der Waals surface area contributed by atoms with Gasteiger partial charge in [0, 0.05) is 18.2 Å². The van der Waals surface area contributed by atoms with Crippen molar-refractivity contribution < 1.29 is 4.42 Å². The molecule has 1 aromatic heterocycles. The maximum atomic E-state index is 5.76. The first kappa shape index (κ1) is 16.6. The van der Waals surface area contributed by atoms with Crippen LogP contribution in [0.25, 0.3) is 22.2 Å². The van der Waals surface area contributed by atoms with Crippen molar-refractivity contribution in [3.8, 4) is 11.5 Å². The molecule has 3 aromatic carbocycles. The Morgan fingerprint density at radius 2 is 1.73 bits per heavy atom. The summed E-state index contributed by atoms with van der Waals surface area (Å²) in [4.78, 5) is 4.68. The summed E-state index contributed by atoms with van der Waals surface area (Å²) >= 11 is 0. The van der Waals surface area contributed by atoms with Crippen LogP contribution >= 0.6 is 0 Å². The van der Waals surface area contributed by atoms with Gasteiger partial charge in [-0.05, 0) is 36.2 Å².